The number of nitrogens with one attached hydrogen (secondary N) is 2. The third-order valence-corrected chi connectivity index (χ3v) is 3.43. The van der Waals surface area contributed by atoms with Gasteiger partial charge in [0.1, 0.15) is 6.04 Å². The highest BCUT2D eigenvalue weighted by Gasteiger charge is 2.25. The van der Waals surface area contributed by atoms with Gasteiger partial charge in [-0.2, -0.15) is 0 Å². The Balaban J connectivity index is 3.03. The van der Waals surface area contributed by atoms with E-state index < -0.39 is 23.6 Å². The standard InChI is InChI=1S/C15H20F2N2O2/c1-4-9(5-2)14(20)19-13(15(21)18-3)10-6-7-11(16)12(17)8-10/h6-9,13H,4-5H2,1-3H3,(H,18,21)(H,19,20). The van der Waals surface area contributed by atoms with Crippen LogP contribution in [0, 0.1) is 17.6 Å². The van der Waals surface area contributed by atoms with E-state index in [4.69, 9.17) is 0 Å². The molecule has 116 valence electrons. The predicted molar refractivity (Wildman–Crippen MR) is 75.4 cm³/mol. The van der Waals surface area contributed by atoms with E-state index in [2.05, 4.69) is 10.6 Å². The minimum Gasteiger partial charge on any atom is -0.357 e. The van der Waals surface area contributed by atoms with Gasteiger partial charge in [-0.25, -0.2) is 8.78 Å². The molecule has 6 heteroatoms. The van der Waals surface area contributed by atoms with Crippen molar-refractivity contribution in [1.29, 1.82) is 0 Å². The van der Waals surface area contributed by atoms with E-state index in [-0.39, 0.29) is 17.4 Å². The Morgan fingerprint density at radius 1 is 1.10 bits per heavy atom. The zero-order chi connectivity index (χ0) is 16.0. The molecule has 21 heavy (non-hydrogen) atoms. The maximum atomic E-state index is 13.3. The second-order valence-electron chi connectivity index (χ2n) is 4.74. The van der Waals surface area contributed by atoms with Crippen molar-refractivity contribution in [2.75, 3.05) is 7.05 Å². The minimum atomic E-state index is -1.06. The summed E-state index contributed by atoms with van der Waals surface area (Å²) in [5, 5.41) is 5.00. The Bertz CT molecular complexity index is 516. The van der Waals surface area contributed by atoms with Crippen LogP contribution in [0.3, 0.4) is 0 Å². The molecule has 0 aliphatic heterocycles. The highest BCUT2D eigenvalue weighted by Crippen LogP contribution is 2.18. The Morgan fingerprint density at radius 3 is 2.19 bits per heavy atom. The lowest BCUT2D eigenvalue weighted by Crippen LogP contribution is -2.41. The molecule has 0 radical (unpaired) electrons. The Labute approximate surface area is 122 Å². The number of rotatable bonds is 6. The maximum Gasteiger partial charge on any atom is 0.246 e. The van der Waals surface area contributed by atoms with E-state index in [1.54, 1.807) is 0 Å². The summed E-state index contributed by atoms with van der Waals surface area (Å²) in [4.78, 5) is 24.0. The molecule has 2 amide bonds. The van der Waals surface area contributed by atoms with Gasteiger partial charge >= 0.3 is 0 Å². The van der Waals surface area contributed by atoms with Gasteiger partial charge in [0.15, 0.2) is 11.6 Å². The molecule has 0 fully saturated rings. The second-order valence-corrected chi connectivity index (χ2v) is 4.74. The van der Waals surface area contributed by atoms with Gasteiger partial charge in [-0.1, -0.05) is 19.9 Å². The first-order valence-corrected chi connectivity index (χ1v) is 6.91. The molecule has 0 aromatic heterocycles. The molecule has 1 aromatic rings. The molecule has 2 N–H and O–H groups in total. The molecule has 1 rings (SSSR count). The van der Waals surface area contributed by atoms with E-state index >= 15 is 0 Å². The average molecular weight is 298 g/mol. The smallest absolute Gasteiger partial charge is 0.246 e. The molecule has 1 atom stereocenters. The highest BCUT2D eigenvalue weighted by atomic mass is 19.2. The first kappa shape index (κ1) is 17.1. The highest BCUT2D eigenvalue weighted by molar-refractivity contribution is 5.89. The molecule has 0 bridgehead atoms. The SMILES string of the molecule is CCC(CC)C(=O)NC(C(=O)NC)c1ccc(F)c(F)c1. The molecular formula is C15H20F2N2O2. The summed E-state index contributed by atoms with van der Waals surface area (Å²) in [6.07, 6.45) is 1.28. The molecule has 1 unspecified atom stereocenters. The molecule has 0 aliphatic carbocycles. The summed E-state index contributed by atoms with van der Waals surface area (Å²) >= 11 is 0. The molecule has 4 nitrogen and oxygen atoms in total. The van der Waals surface area contributed by atoms with Crippen LogP contribution in [0.15, 0.2) is 18.2 Å². The quantitative estimate of drug-likeness (QED) is 0.846. The van der Waals surface area contributed by atoms with Crippen molar-refractivity contribution >= 4 is 11.8 Å². The van der Waals surface area contributed by atoms with E-state index in [1.807, 2.05) is 13.8 Å². The molecule has 0 aliphatic rings. The largest absolute Gasteiger partial charge is 0.357 e. The monoisotopic (exact) mass is 298 g/mol. The molecule has 1 aromatic carbocycles. The van der Waals surface area contributed by atoms with Gasteiger partial charge < -0.3 is 10.6 Å². The van der Waals surface area contributed by atoms with Gasteiger partial charge in [-0.3, -0.25) is 9.59 Å². The average Bonchev–Trinajstić information content (AvgIpc) is 2.48. The maximum absolute atomic E-state index is 13.3. The first-order valence-electron chi connectivity index (χ1n) is 6.91. The lowest BCUT2D eigenvalue weighted by Gasteiger charge is -2.21. The van der Waals surface area contributed by atoms with E-state index in [1.165, 1.54) is 13.1 Å². The van der Waals surface area contributed by atoms with Crippen LogP contribution in [0.25, 0.3) is 0 Å². The minimum absolute atomic E-state index is 0.201. The fourth-order valence-electron chi connectivity index (χ4n) is 2.06. The van der Waals surface area contributed by atoms with Crippen molar-refractivity contribution < 1.29 is 18.4 Å². The fourth-order valence-corrected chi connectivity index (χ4v) is 2.06. The predicted octanol–water partition coefficient (Wildman–Crippen LogP) is 2.30. The second kappa shape index (κ2) is 7.71. The third-order valence-electron chi connectivity index (χ3n) is 3.43. The van der Waals surface area contributed by atoms with Gasteiger partial charge in [0.25, 0.3) is 0 Å². The van der Waals surface area contributed by atoms with Crippen LogP contribution in [0.2, 0.25) is 0 Å². The molecular weight excluding hydrogens is 278 g/mol. The van der Waals surface area contributed by atoms with Gasteiger partial charge in [0, 0.05) is 13.0 Å². The number of likely N-dealkylation sites (N-methyl/N-ethyl adjacent to an activating group) is 1. The third kappa shape index (κ3) is 4.24. The van der Waals surface area contributed by atoms with Crippen LogP contribution in [0.4, 0.5) is 8.78 Å². The number of amides is 2. The van der Waals surface area contributed by atoms with Crippen molar-refractivity contribution in [2.24, 2.45) is 5.92 Å². The van der Waals surface area contributed by atoms with E-state index in [0.29, 0.717) is 12.8 Å². The summed E-state index contributed by atoms with van der Waals surface area (Å²) in [5.74, 6) is -3.04. The van der Waals surface area contributed by atoms with Gasteiger partial charge in [-0.15, -0.1) is 0 Å². The number of hydrogen-bond acceptors (Lipinski definition) is 2. The van der Waals surface area contributed by atoms with Crippen LogP contribution < -0.4 is 10.6 Å². The molecule has 0 saturated heterocycles. The lowest BCUT2D eigenvalue weighted by molar-refractivity contribution is -0.131. The van der Waals surface area contributed by atoms with Crippen LogP contribution >= 0.6 is 0 Å². The Morgan fingerprint density at radius 2 is 1.71 bits per heavy atom. The van der Waals surface area contributed by atoms with Crippen molar-refractivity contribution in [3.05, 3.63) is 35.4 Å². The Kier molecular flexibility index (Phi) is 6.27. The fraction of sp³-hybridized carbons (Fsp3) is 0.467. The van der Waals surface area contributed by atoms with Crippen molar-refractivity contribution in [3.8, 4) is 0 Å². The topological polar surface area (TPSA) is 58.2 Å². The van der Waals surface area contributed by atoms with Crippen molar-refractivity contribution in [1.82, 2.24) is 10.6 Å². The van der Waals surface area contributed by atoms with Crippen LogP contribution in [-0.4, -0.2) is 18.9 Å². The summed E-state index contributed by atoms with van der Waals surface area (Å²) in [7, 11) is 1.42. The number of benzene rings is 1. The van der Waals surface area contributed by atoms with Gasteiger partial charge in [0.2, 0.25) is 11.8 Å². The van der Waals surface area contributed by atoms with Crippen LogP contribution in [0.5, 0.6) is 0 Å². The van der Waals surface area contributed by atoms with E-state index in [0.717, 1.165) is 12.1 Å². The van der Waals surface area contributed by atoms with Gasteiger partial charge in [0.05, 0.1) is 0 Å². The Hall–Kier alpha value is -1.98. The van der Waals surface area contributed by atoms with Crippen LogP contribution in [-0.2, 0) is 9.59 Å². The van der Waals surface area contributed by atoms with Crippen LogP contribution in [0.1, 0.15) is 38.3 Å². The summed E-state index contributed by atoms with van der Waals surface area (Å²) in [5.41, 5.74) is 0.201. The number of hydrogen-bond donors (Lipinski definition) is 2. The zero-order valence-corrected chi connectivity index (χ0v) is 12.4. The number of carbonyl (C=O) groups is 2. The number of carbonyl (C=O) groups excluding carboxylic acids is 2. The lowest BCUT2D eigenvalue weighted by atomic mass is 10.00. The number of halogens is 2. The summed E-state index contributed by atoms with van der Waals surface area (Å²) in [6, 6.07) is 2.09. The van der Waals surface area contributed by atoms with Gasteiger partial charge in [-0.05, 0) is 30.5 Å². The van der Waals surface area contributed by atoms with Crippen molar-refractivity contribution in [3.63, 3.8) is 0 Å². The zero-order valence-electron chi connectivity index (χ0n) is 12.4. The van der Waals surface area contributed by atoms with Crippen molar-refractivity contribution in [2.45, 2.75) is 32.7 Å². The first-order chi connectivity index (χ1) is 9.94. The summed E-state index contributed by atoms with van der Waals surface area (Å²) < 4.78 is 26.3. The molecule has 0 saturated carbocycles. The molecule has 0 heterocycles. The summed E-state index contributed by atoms with van der Waals surface area (Å²) in [6.45, 7) is 3.75. The van der Waals surface area contributed by atoms with E-state index in [9.17, 15) is 18.4 Å². The molecule has 0 spiro atoms. The normalized spacial score (nSPS) is 12.1.